The number of aromatic nitrogens is 2. The van der Waals surface area contributed by atoms with Gasteiger partial charge in [-0.2, -0.15) is 0 Å². The van der Waals surface area contributed by atoms with Gasteiger partial charge in [-0.05, 0) is 56.4 Å². The second kappa shape index (κ2) is 6.13. The first-order valence-corrected chi connectivity index (χ1v) is 9.22. The number of hydrogen-bond donors (Lipinski definition) is 1. The summed E-state index contributed by atoms with van der Waals surface area (Å²) >= 11 is 1.78. The molecule has 2 aromatic rings. The van der Waals surface area contributed by atoms with E-state index in [9.17, 15) is 5.11 Å². The Hall–Kier alpha value is -1.20. The Kier molecular flexibility index (Phi) is 4.01. The smallest absolute Gasteiger partial charge is 0.225 e. The van der Waals surface area contributed by atoms with Crippen molar-refractivity contribution in [3.8, 4) is 5.88 Å². The van der Waals surface area contributed by atoms with Crippen molar-refractivity contribution in [2.45, 2.75) is 63.4 Å². The van der Waals surface area contributed by atoms with E-state index >= 15 is 0 Å². The summed E-state index contributed by atoms with van der Waals surface area (Å²) in [6, 6.07) is 0. The number of aliphatic hydroxyl groups is 1. The van der Waals surface area contributed by atoms with Crippen molar-refractivity contribution in [1.29, 1.82) is 0 Å². The third-order valence-corrected chi connectivity index (χ3v) is 6.18. The SMILES string of the molecule is OCC[C@@H]1CCc2sc3ncnc(OC4CCCCC4)c3c21. The molecule has 4 rings (SSSR count). The molecule has 0 aliphatic heterocycles. The van der Waals surface area contributed by atoms with Gasteiger partial charge < -0.3 is 9.84 Å². The van der Waals surface area contributed by atoms with Crippen molar-refractivity contribution in [2.75, 3.05) is 6.61 Å². The van der Waals surface area contributed by atoms with E-state index in [0.29, 0.717) is 12.0 Å². The summed E-state index contributed by atoms with van der Waals surface area (Å²) in [6.07, 6.45) is 11.1. The predicted molar refractivity (Wildman–Crippen MR) is 87.7 cm³/mol. The van der Waals surface area contributed by atoms with Gasteiger partial charge in [0.15, 0.2) is 0 Å². The lowest BCUT2D eigenvalue weighted by Gasteiger charge is -2.23. The lowest BCUT2D eigenvalue weighted by Crippen LogP contribution is -2.20. The van der Waals surface area contributed by atoms with Crippen LogP contribution in [0.15, 0.2) is 6.33 Å². The summed E-state index contributed by atoms with van der Waals surface area (Å²) in [5.41, 5.74) is 1.36. The number of aliphatic hydroxyl groups excluding tert-OH is 1. The molecule has 4 nitrogen and oxygen atoms in total. The molecular formula is C17H22N2O2S. The summed E-state index contributed by atoms with van der Waals surface area (Å²) < 4.78 is 6.27. The first-order valence-electron chi connectivity index (χ1n) is 8.40. The molecule has 1 N–H and O–H groups in total. The Morgan fingerprint density at radius 2 is 2.05 bits per heavy atom. The molecule has 2 heterocycles. The highest BCUT2D eigenvalue weighted by atomic mass is 32.1. The summed E-state index contributed by atoms with van der Waals surface area (Å²) in [6.45, 7) is 0.244. The summed E-state index contributed by atoms with van der Waals surface area (Å²) in [4.78, 5) is 11.4. The van der Waals surface area contributed by atoms with Gasteiger partial charge in [-0.15, -0.1) is 11.3 Å². The van der Waals surface area contributed by atoms with Gasteiger partial charge in [0.2, 0.25) is 5.88 Å². The van der Waals surface area contributed by atoms with Gasteiger partial charge in [0, 0.05) is 11.5 Å². The lowest BCUT2D eigenvalue weighted by atomic mass is 9.97. The Bertz CT molecular complexity index is 664. The molecular weight excluding hydrogens is 296 g/mol. The van der Waals surface area contributed by atoms with Gasteiger partial charge in [-0.25, -0.2) is 9.97 Å². The van der Waals surface area contributed by atoms with Crippen LogP contribution in [0, 0.1) is 0 Å². The van der Waals surface area contributed by atoms with Gasteiger partial charge in [0.05, 0.1) is 5.39 Å². The summed E-state index contributed by atoms with van der Waals surface area (Å²) in [5, 5.41) is 10.5. The van der Waals surface area contributed by atoms with E-state index in [2.05, 4.69) is 9.97 Å². The number of ether oxygens (including phenoxy) is 1. The maximum atomic E-state index is 9.33. The maximum Gasteiger partial charge on any atom is 0.225 e. The molecule has 1 fully saturated rings. The molecule has 0 aromatic carbocycles. The highest BCUT2D eigenvalue weighted by molar-refractivity contribution is 7.19. The van der Waals surface area contributed by atoms with Gasteiger partial charge in [0.25, 0.3) is 0 Å². The number of fused-ring (bicyclic) bond motifs is 3. The number of hydrogen-bond acceptors (Lipinski definition) is 5. The van der Waals surface area contributed by atoms with Gasteiger partial charge >= 0.3 is 0 Å². The molecule has 2 aliphatic carbocycles. The second-order valence-corrected chi connectivity index (χ2v) is 7.51. The molecule has 1 atom stereocenters. The molecule has 2 aromatic heterocycles. The second-order valence-electron chi connectivity index (χ2n) is 6.42. The Morgan fingerprint density at radius 1 is 1.18 bits per heavy atom. The minimum Gasteiger partial charge on any atom is -0.474 e. The first kappa shape index (κ1) is 14.4. The van der Waals surface area contributed by atoms with E-state index in [1.54, 1.807) is 17.7 Å². The van der Waals surface area contributed by atoms with Crippen LogP contribution in [0.5, 0.6) is 5.88 Å². The number of nitrogens with zero attached hydrogens (tertiary/aromatic N) is 2. The molecule has 0 amide bonds. The van der Waals surface area contributed by atoms with Crippen molar-refractivity contribution in [3.05, 3.63) is 16.8 Å². The van der Waals surface area contributed by atoms with E-state index in [4.69, 9.17) is 4.74 Å². The molecule has 0 saturated heterocycles. The van der Waals surface area contributed by atoms with Crippen LogP contribution in [-0.2, 0) is 6.42 Å². The third-order valence-electron chi connectivity index (χ3n) is 5.00. The molecule has 118 valence electrons. The van der Waals surface area contributed by atoms with Crippen molar-refractivity contribution >= 4 is 21.6 Å². The molecule has 0 unspecified atom stereocenters. The van der Waals surface area contributed by atoms with Crippen LogP contribution >= 0.6 is 11.3 Å². The summed E-state index contributed by atoms with van der Waals surface area (Å²) in [7, 11) is 0. The van der Waals surface area contributed by atoms with E-state index < -0.39 is 0 Å². The van der Waals surface area contributed by atoms with E-state index in [0.717, 1.165) is 48.2 Å². The maximum absolute atomic E-state index is 9.33. The number of thiophene rings is 1. The normalized spacial score (nSPS) is 22.1. The van der Waals surface area contributed by atoms with E-state index in [-0.39, 0.29) is 6.61 Å². The number of rotatable bonds is 4. The monoisotopic (exact) mass is 318 g/mol. The Labute approximate surface area is 134 Å². The first-order chi connectivity index (χ1) is 10.9. The van der Waals surface area contributed by atoms with E-state index in [1.807, 2.05) is 0 Å². The van der Waals surface area contributed by atoms with Crippen molar-refractivity contribution < 1.29 is 9.84 Å². The zero-order valence-electron chi connectivity index (χ0n) is 12.8. The largest absolute Gasteiger partial charge is 0.474 e. The molecule has 5 heteroatoms. The van der Waals surface area contributed by atoms with Gasteiger partial charge in [-0.1, -0.05) is 6.42 Å². The standard InChI is InChI=1S/C17H22N2O2S/c20-9-8-11-6-7-13-14(11)15-16(18-10-19-17(15)22-13)21-12-4-2-1-3-5-12/h10-12,20H,1-9H2/t11-/m0/s1. The van der Waals surface area contributed by atoms with Crippen LogP contribution in [0.25, 0.3) is 10.2 Å². The van der Waals surface area contributed by atoms with Crippen molar-refractivity contribution in [2.24, 2.45) is 0 Å². The van der Waals surface area contributed by atoms with Crippen molar-refractivity contribution in [3.63, 3.8) is 0 Å². The zero-order valence-corrected chi connectivity index (χ0v) is 13.6. The van der Waals surface area contributed by atoms with Gasteiger partial charge in [-0.3, -0.25) is 0 Å². The average molecular weight is 318 g/mol. The van der Waals surface area contributed by atoms with Crippen LogP contribution in [0.2, 0.25) is 0 Å². The predicted octanol–water partition coefficient (Wildman–Crippen LogP) is 3.82. The highest BCUT2D eigenvalue weighted by Crippen LogP contribution is 2.47. The van der Waals surface area contributed by atoms with Crippen LogP contribution in [0.4, 0.5) is 0 Å². The minimum atomic E-state index is 0.244. The molecule has 2 aliphatic rings. The van der Waals surface area contributed by atoms with Crippen molar-refractivity contribution in [1.82, 2.24) is 9.97 Å². The third kappa shape index (κ3) is 2.50. The van der Waals surface area contributed by atoms with Crippen LogP contribution in [0.1, 0.15) is 61.3 Å². The zero-order chi connectivity index (χ0) is 14.9. The molecule has 22 heavy (non-hydrogen) atoms. The van der Waals surface area contributed by atoms with Crippen LogP contribution in [0.3, 0.4) is 0 Å². The quantitative estimate of drug-likeness (QED) is 0.931. The molecule has 0 spiro atoms. The fourth-order valence-electron chi connectivity index (χ4n) is 3.92. The fourth-order valence-corrected chi connectivity index (χ4v) is 5.15. The van der Waals surface area contributed by atoms with E-state index in [1.165, 1.54) is 29.7 Å². The molecule has 1 saturated carbocycles. The lowest BCUT2D eigenvalue weighted by molar-refractivity contribution is 0.150. The fraction of sp³-hybridized carbons (Fsp3) is 0.647. The molecule has 0 bridgehead atoms. The van der Waals surface area contributed by atoms with Crippen LogP contribution < -0.4 is 4.74 Å². The number of aryl methyl sites for hydroxylation is 1. The highest BCUT2D eigenvalue weighted by Gasteiger charge is 2.30. The Balaban J connectivity index is 1.72. The summed E-state index contributed by atoms with van der Waals surface area (Å²) in [5.74, 6) is 1.22. The topological polar surface area (TPSA) is 55.2 Å². The Morgan fingerprint density at radius 3 is 2.86 bits per heavy atom. The average Bonchev–Trinajstić information content (AvgIpc) is 3.09. The minimum absolute atomic E-state index is 0.244. The molecule has 0 radical (unpaired) electrons. The van der Waals surface area contributed by atoms with Gasteiger partial charge in [0.1, 0.15) is 17.3 Å². The van der Waals surface area contributed by atoms with Crippen LogP contribution in [-0.4, -0.2) is 27.8 Å².